The van der Waals surface area contributed by atoms with Crippen molar-refractivity contribution in [2.45, 2.75) is 19.6 Å². The van der Waals surface area contributed by atoms with Crippen LogP contribution in [0.2, 0.25) is 0 Å². The molecule has 4 N–H and O–H groups in total. The minimum Gasteiger partial charge on any atom is -0.383 e. The third kappa shape index (κ3) is 6.49. The second-order valence-electron chi connectivity index (χ2n) is 8.94. The van der Waals surface area contributed by atoms with Crippen LogP contribution in [0.15, 0.2) is 48.5 Å². The lowest BCUT2D eigenvalue weighted by Gasteiger charge is -2.12. The van der Waals surface area contributed by atoms with Crippen LogP contribution in [-0.4, -0.2) is 52.7 Å². The van der Waals surface area contributed by atoms with Gasteiger partial charge in [0.25, 0.3) is 17.7 Å². The molecule has 2 heterocycles. The number of benzene rings is 2. The molecule has 0 bridgehead atoms. The van der Waals surface area contributed by atoms with Crippen molar-refractivity contribution in [1.29, 1.82) is 0 Å². The molecular formula is C27H24F4N6O4. The van der Waals surface area contributed by atoms with E-state index in [0.29, 0.717) is 24.3 Å². The Morgan fingerprint density at radius 2 is 1.76 bits per heavy atom. The zero-order valence-corrected chi connectivity index (χ0v) is 21.8. The number of carbonyl (C=O) groups excluding carboxylic acids is 3. The van der Waals surface area contributed by atoms with Crippen molar-refractivity contribution in [2.75, 3.05) is 25.6 Å². The number of rotatable bonds is 9. The van der Waals surface area contributed by atoms with Gasteiger partial charge in [0.15, 0.2) is 5.69 Å². The van der Waals surface area contributed by atoms with E-state index in [1.807, 2.05) is 0 Å². The van der Waals surface area contributed by atoms with Crippen molar-refractivity contribution >= 4 is 34.3 Å². The number of ether oxygens (including phenoxy) is 1. The summed E-state index contributed by atoms with van der Waals surface area (Å²) in [4.78, 5) is 41.1. The predicted molar refractivity (Wildman–Crippen MR) is 140 cm³/mol. The Morgan fingerprint density at radius 3 is 2.39 bits per heavy atom. The highest BCUT2D eigenvalue weighted by Gasteiger charge is 2.39. The van der Waals surface area contributed by atoms with E-state index in [1.165, 1.54) is 32.2 Å². The fourth-order valence-electron chi connectivity index (χ4n) is 4.05. The molecule has 0 aliphatic heterocycles. The summed E-state index contributed by atoms with van der Waals surface area (Å²) in [5, 5.41) is 8.71. The van der Waals surface area contributed by atoms with Gasteiger partial charge in [-0.15, -0.1) is 0 Å². The summed E-state index contributed by atoms with van der Waals surface area (Å²) in [6, 6.07) is 10.5. The smallest absolute Gasteiger partial charge is 0.383 e. The Bertz CT molecular complexity index is 1630. The summed E-state index contributed by atoms with van der Waals surface area (Å²) in [7, 11) is 1.50. The molecule has 2 aromatic carbocycles. The summed E-state index contributed by atoms with van der Waals surface area (Å²) in [6.07, 6.45) is -4.93. The van der Waals surface area contributed by atoms with Gasteiger partial charge in [0.2, 0.25) is 0 Å². The molecule has 0 aliphatic rings. The molecule has 0 spiro atoms. The first kappa shape index (κ1) is 29.1. The van der Waals surface area contributed by atoms with Crippen molar-refractivity contribution < 1.29 is 36.7 Å². The first-order valence-electron chi connectivity index (χ1n) is 12.1. The number of aromatic nitrogens is 3. The molecule has 10 nitrogen and oxygen atoms in total. The molecule has 41 heavy (non-hydrogen) atoms. The summed E-state index contributed by atoms with van der Waals surface area (Å²) >= 11 is 0. The minimum absolute atomic E-state index is 0.00779. The second-order valence-corrected chi connectivity index (χ2v) is 8.94. The van der Waals surface area contributed by atoms with Crippen LogP contribution in [0.4, 0.5) is 23.2 Å². The molecule has 4 aromatic rings. The van der Waals surface area contributed by atoms with Gasteiger partial charge in [-0.3, -0.25) is 19.1 Å². The van der Waals surface area contributed by atoms with Crippen LogP contribution in [0.3, 0.4) is 0 Å². The summed E-state index contributed by atoms with van der Waals surface area (Å²) in [5.41, 5.74) is 3.57. The predicted octanol–water partition coefficient (Wildman–Crippen LogP) is 3.67. The average Bonchev–Trinajstić information content (AvgIpc) is 3.23. The third-order valence-corrected chi connectivity index (χ3v) is 6.12. The number of amides is 3. The largest absolute Gasteiger partial charge is 0.437 e. The number of primary amides is 1. The molecule has 0 aliphatic carbocycles. The maximum Gasteiger partial charge on any atom is 0.437 e. The van der Waals surface area contributed by atoms with E-state index in [0.717, 1.165) is 22.9 Å². The molecular weight excluding hydrogens is 548 g/mol. The van der Waals surface area contributed by atoms with Gasteiger partial charge in [0.1, 0.15) is 11.5 Å². The number of hydrogen-bond acceptors (Lipinski definition) is 6. The quantitative estimate of drug-likeness (QED) is 0.207. The molecule has 0 fully saturated rings. The Kier molecular flexibility index (Phi) is 8.33. The molecule has 0 radical (unpaired) electrons. The fraction of sp³-hybridized carbons (Fsp3) is 0.222. The van der Waals surface area contributed by atoms with Crippen LogP contribution in [-0.2, 0) is 17.5 Å². The van der Waals surface area contributed by atoms with Gasteiger partial charge >= 0.3 is 6.18 Å². The van der Waals surface area contributed by atoms with Crippen LogP contribution in [0, 0.1) is 12.7 Å². The Hall–Kier alpha value is -4.85. The summed E-state index contributed by atoms with van der Waals surface area (Å²) in [5.74, 6) is -3.06. The molecule has 0 saturated heterocycles. The highest BCUT2D eigenvalue weighted by atomic mass is 19.4. The highest BCUT2D eigenvalue weighted by Crippen LogP contribution is 2.36. The van der Waals surface area contributed by atoms with Gasteiger partial charge in [0.05, 0.1) is 35.6 Å². The zero-order chi connectivity index (χ0) is 29.9. The maximum atomic E-state index is 14.0. The van der Waals surface area contributed by atoms with Crippen LogP contribution >= 0.6 is 0 Å². The van der Waals surface area contributed by atoms with Crippen molar-refractivity contribution in [1.82, 2.24) is 20.1 Å². The van der Waals surface area contributed by atoms with Gasteiger partial charge in [-0.2, -0.15) is 18.3 Å². The minimum atomic E-state index is -4.93. The van der Waals surface area contributed by atoms with Crippen LogP contribution in [0.1, 0.15) is 48.2 Å². The first-order valence-corrected chi connectivity index (χ1v) is 12.1. The maximum absolute atomic E-state index is 14.0. The number of anilines is 1. The lowest BCUT2D eigenvalue weighted by molar-refractivity contribution is -0.140. The average molecular weight is 573 g/mol. The number of methoxy groups -OCH3 is 1. The third-order valence-electron chi connectivity index (χ3n) is 6.12. The van der Waals surface area contributed by atoms with E-state index >= 15 is 0 Å². The van der Waals surface area contributed by atoms with Crippen molar-refractivity contribution in [3.63, 3.8) is 0 Å². The first-order chi connectivity index (χ1) is 19.4. The van der Waals surface area contributed by atoms with Crippen molar-refractivity contribution in [3.8, 4) is 0 Å². The van der Waals surface area contributed by atoms with E-state index < -0.39 is 35.2 Å². The molecule has 214 valence electrons. The second kappa shape index (κ2) is 11.7. The fourth-order valence-corrected chi connectivity index (χ4v) is 4.05. The summed E-state index contributed by atoms with van der Waals surface area (Å²) < 4.78 is 61.7. The Balaban J connectivity index is 1.65. The molecule has 4 rings (SSSR count). The van der Waals surface area contributed by atoms with Crippen LogP contribution in [0.5, 0.6) is 0 Å². The van der Waals surface area contributed by atoms with Gasteiger partial charge < -0.3 is 21.1 Å². The molecule has 0 atom stereocenters. The number of nitrogens with one attached hydrogen (secondary N) is 2. The number of fused-ring (bicyclic) bond motifs is 1. The zero-order valence-electron chi connectivity index (χ0n) is 21.8. The Labute approximate surface area is 230 Å². The topological polar surface area (TPSA) is 141 Å². The van der Waals surface area contributed by atoms with Crippen molar-refractivity contribution in [3.05, 3.63) is 88.1 Å². The Morgan fingerprint density at radius 1 is 1.05 bits per heavy atom. The normalized spacial score (nSPS) is 11.5. The number of alkyl halides is 3. The summed E-state index contributed by atoms with van der Waals surface area (Å²) in [6.45, 7) is 1.91. The number of nitrogens with zero attached hydrogens (tertiary/aromatic N) is 3. The molecule has 3 amide bonds. The monoisotopic (exact) mass is 572 g/mol. The van der Waals surface area contributed by atoms with Gasteiger partial charge in [0, 0.05) is 30.7 Å². The lowest BCUT2D eigenvalue weighted by atomic mass is 10.1. The van der Waals surface area contributed by atoms with E-state index in [-0.39, 0.29) is 40.3 Å². The number of halogens is 4. The van der Waals surface area contributed by atoms with E-state index in [2.05, 4.69) is 20.7 Å². The lowest BCUT2D eigenvalue weighted by Crippen LogP contribution is -2.26. The standard InChI is InChI=1S/C27H24F4N6O4/c1-14-22(35-26(40)19-12-21(24(32)38)34-20-11-17(28)7-8-18(19)20)23(27(29,30)31)36-37(14)13-15-3-5-16(6-4-15)25(39)33-9-10-41-2/h3-8,11-12H,9-10,13H2,1-2H3,(H2,32,38)(H,33,39)(H,35,40). The number of hydrogen-bond donors (Lipinski definition) is 3. The van der Waals surface area contributed by atoms with E-state index in [1.54, 1.807) is 12.1 Å². The van der Waals surface area contributed by atoms with E-state index in [4.69, 9.17) is 10.5 Å². The van der Waals surface area contributed by atoms with Crippen LogP contribution < -0.4 is 16.4 Å². The van der Waals surface area contributed by atoms with Gasteiger partial charge in [-0.05, 0) is 42.8 Å². The van der Waals surface area contributed by atoms with Gasteiger partial charge in [-0.1, -0.05) is 12.1 Å². The van der Waals surface area contributed by atoms with Gasteiger partial charge in [-0.25, -0.2) is 9.37 Å². The number of pyridine rings is 1. The number of nitrogens with two attached hydrogens (primary N) is 1. The molecule has 14 heteroatoms. The number of carbonyl (C=O) groups is 3. The molecule has 0 saturated carbocycles. The highest BCUT2D eigenvalue weighted by molar-refractivity contribution is 6.14. The van der Waals surface area contributed by atoms with E-state index in [9.17, 15) is 31.9 Å². The SMILES string of the molecule is COCCNC(=O)c1ccc(Cn2nc(C(F)(F)F)c(NC(=O)c3cc(C(N)=O)nc4cc(F)ccc34)c2C)cc1. The molecule has 0 unspecified atom stereocenters. The van der Waals surface area contributed by atoms with Crippen LogP contribution in [0.25, 0.3) is 10.9 Å². The van der Waals surface area contributed by atoms with Crippen molar-refractivity contribution in [2.24, 2.45) is 5.73 Å². The molecule has 2 aromatic heterocycles.